The number of amides is 2. The van der Waals surface area contributed by atoms with Crippen molar-refractivity contribution >= 4 is 6.03 Å². The molecule has 1 fully saturated rings. The molecule has 0 spiro atoms. The SMILES string of the molecule is CCn1cnnc1CCNC(=O)N1CCC[C@@H](c2cc(=O)[nH]cn2)C1. The van der Waals surface area contributed by atoms with Crippen LogP contribution >= 0.6 is 0 Å². The van der Waals surface area contributed by atoms with Crippen LogP contribution in [0.15, 0.2) is 23.5 Å². The van der Waals surface area contributed by atoms with Gasteiger partial charge in [-0.3, -0.25) is 4.79 Å². The average Bonchev–Trinajstić information content (AvgIpc) is 3.09. The van der Waals surface area contributed by atoms with Crippen molar-refractivity contribution in [2.45, 2.75) is 38.6 Å². The second-order valence-corrected chi connectivity index (χ2v) is 6.14. The van der Waals surface area contributed by atoms with Gasteiger partial charge in [-0.15, -0.1) is 10.2 Å². The molecule has 9 heteroatoms. The molecule has 2 aromatic rings. The smallest absolute Gasteiger partial charge is 0.317 e. The van der Waals surface area contributed by atoms with Gasteiger partial charge in [-0.05, 0) is 19.8 Å². The van der Waals surface area contributed by atoms with Crippen LogP contribution in [0.2, 0.25) is 0 Å². The van der Waals surface area contributed by atoms with Gasteiger partial charge in [0, 0.05) is 44.6 Å². The number of rotatable bonds is 5. The summed E-state index contributed by atoms with van der Waals surface area (Å²) in [5, 5.41) is 10.9. The van der Waals surface area contributed by atoms with Crippen LogP contribution in [0.4, 0.5) is 4.79 Å². The minimum absolute atomic E-state index is 0.0860. The Bertz CT molecular complexity index is 770. The Morgan fingerprint density at radius 3 is 3.16 bits per heavy atom. The maximum absolute atomic E-state index is 12.4. The highest BCUT2D eigenvalue weighted by Crippen LogP contribution is 2.24. The molecule has 134 valence electrons. The largest absolute Gasteiger partial charge is 0.338 e. The van der Waals surface area contributed by atoms with E-state index < -0.39 is 0 Å². The van der Waals surface area contributed by atoms with Crippen molar-refractivity contribution in [1.29, 1.82) is 0 Å². The quantitative estimate of drug-likeness (QED) is 0.821. The van der Waals surface area contributed by atoms with Gasteiger partial charge in [-0.25, -0.2) is 9.78 Å². The number of carbonyl (C=O) groups excluding carboxylic acids is 1. The minimum atomic E-state index is -0.161. The number of hydrogen-bond acceptors (Lipinski definition) is 5. The van der Waals surface area contributed by atoms with Gasteiger partial charge in [0.15, 0.2) is 0 Å². The molecule has 0 unspecified atom stereocenters. The number of aromatic nitrogens is 5. The lowest BCUT2D eigenvalue weighted by Crippen LogP contribution is -2.45. The van der Waals surface area contributed by atoms with E-state index in [0.717, 1.165) is 37.4 Å². The predicted molar refractivity (Wildman–Crippen MR) is 91.2 cm³/mol. The Morgan fingerprint density at radius 1 is 1.48 bits per heavy atom. The van der Waals surface area contributed by atoms with Crippen molar-refractivity contribution in [3.05, 3.63) is 40.6 Å². The number of hydrogen-bond donors (Lipinski definition) is 2. The molecule has 1 aliphatic rings. The van der Waals surface area contributed by atoms with Crippen molar-refractivity contribution < 1.29 is 4.79 Å². The number of aryl methyl sites for hydroxylation is 1. The first-order chi connectivity index (χ1) is 12.2. The van der Waals surface area contributed by atoms with Crippen LogP contribution in [0.1, 0.15) is 37.2 Å². The lowest BCUT2D eigenvalue weighted by Gasteiger charge is -2.32. The third kappa shape index (κ3) is 4.23. The first-order valence-electron chi connectivity index (χ1n) is 8.61. The van der Waals surface area contributed by atoms with Gasteiger partial charge < -0.3 is 19.8 Å². The fraction of sp³-hybridized carbons (Fsp3) is 0.562. The van der Waals surface area contributed by atoms with Crippen LogP contribution in [0.25, 0.3) is 0 Å². The van der Waals surface area contributed by atoms with Crippen molar-refractivity contribution in [3.63, 3.8) is 0 Å². The highest BCUT2D eigenvalue weighted by Gasteiger charge is 2.25. The number of H-pyrrole nitrogens is 1. The second kappa shape index (κ2) is 7.91. The highest BCUT2D eigenvalue weighted by atomic mass is 16.2. The zero-order valence-electron chi connectivity index (χ0n) is 14.3. The Labute approximate surface area is 145 Å². The van der Waals surface area contributed by atoms with E-state index in [-0.39, 0.29) is 17.5 Å². The molecule has 0 bridgehead atoms. The third-order valence-electron chi connectivity index (χ3n) is 4.49. The molecule has 0 aromatic carbocycles. The molecule has 1 aliphatic heterocycles. The summed E-state index contributed by atoms with van der Waals surface area (Å²) >= 11 is 0. The topological polar surface area (TPSA) is 109 Å². The van der Waals surface area contributed by atoms with E-state index in [9.17, 15) is 9.59 Å². The fourth-order valence-corrected chi connectivity index (χ4v) is 3.14. The monoisotopic (exact) mass is 345 g/mol. The zero-order chi connectivity index (χ0) is 17.6. The Kier molecular flexibility index (Phi) is 5.42. The molecule has 0 aliphatic carbocycles. The van der Waals surface area contributed by atoms with Crippen LogP contribution < -0.4 is 10.9 Å². The van der Waals surface area contributed by atoms with Gasteiger partial charge in [0.25, 0.3) is 5.56 Å². The molecule has 2 amide bonds. The second-order valence-electron chi connectivity index (χ2n) is 6.14. The van der Waals surface area contributed by atoms with Crippen molar-refractivity contribution in [2.75, 3.05) is 19.6 Å². The summed E-state index contributed by atoms with van der Waals surface area (Å²) in [5.74, 6) is 0.969. The standard InChI is InChI=1S/C16H23N7O2/c1-2-22-11-20-21-14(22)5-6-17-16(25)23-7-3-4-12(9-23)13-8-15(24)19-10-18-13/h8,10-12H,2-7,9H2,1H3,(H,17,25)(H,18,19,24)/t12-/m1/s1. The summed E-state index contributed by atoms with van der Waals surface area (Å²) in [4.78, 5) is 32.4. The van der Waals surface area contributed by atoms with E-state index in [4.69, 9.17) is 0 Å². The van der Waals surface area contributed by atoms with Gasteiger partial charge in [0.05, 0.1) is 12.0 Å². The summed E-state index contributed by atoms with van der Waals surface area (Å²) in [5.41, 5.74) is 0.587. The van der Waals surface area contributed by atoms with Crippen molar-refractivity contribution in [1.82, 2.24) is 34.9 Å². The minimum Gasteiger partial charge on any atom is -0.338 e. The maximum Gasteiger partial charge on any atom is 0.317 e. The number of carbonyl (C=O) groups is 1. The van der Waals surface area contributed by atoms with E-state index in [2.05, 4.69) is 25.5 Å². The first-order valence-corrected chi connectivity index (χ1v) is 8.61. The molecule has 25 heavy (non-hydrogen) atoms. The third-order valence-corrected chi connectivity index (χ3v) is 4.49. The van der Waals surface area contributed by atoms with Crippen LogP contribution in [-0.2, 0) is 13.0 Å². The molecule has 2 aromatic heterocycles. The van der Waals surface area contributed by atoms with Gasteiger partial charge in [0.1, 0.15) is 12.2 Å². The molecule has 2 N–H and O–H groups in total. The van der Waals surface area contributed by atoms with E-state index in [1.807, 2.05) is 11.5 Å². The molecule has 0 radical (unpaired) electrons. The van der Waals surface area contributed by atoms with Crippen LogP contribution in [0.3, 0.4) is 0 Å². The highest BCUT2D eigenvalue weighted by molar-refractivity contribution is 5.74. The summed E-state index contributed by atoms with van der Waals surface area (Å²) in [6.07, 6.45) is 5.59. The molecule has 3 heterocycles. The van der Waals surface area contributed by atoms with Crippen LogP contribution in [0.5, 0.6) is 0 Å². The molecule has 1 saturated heterocycles. The number of nitrogens with zero attached hydrogens (tertiary/aromatic N) is 5. The van der Waals surface area contributed by atoms with E-state index in [1.54, 1.807) is 11.2 Å². The number of nitrogens with one attached hydrogen (secondary N) is 2. The lowest BCUT2D eigenvalue weighted by molar-refractivity contribution is 0.179. The first kappa shape index (κ1) is 17.1. The Balaban J connectivity index is 1.52. The summed E-state index contributed by atoms with van der Waals surface area (Å²) < 4.78 is 1.96. The molecule has 1 atom stereocenters. The summed E-state index contributed by atoms with van der Waals surface area (Å²) in [7, 11) is 0. The maximum atomic E-state index is 12.4. The zero-order valence-corrected chi connectivity index (χ0v) is 14.3. The number of urea groups is 1. The molecule has 0 saturated carbocycles. The van der Waals surface area contributed by atoms with E-state index >= 15 is 0 Å². The molecular formula is C16H23N7O2. The molecule has 3 rings (SSSR count). The van der Waals surface area contributed by atoms with E-state index in [1.165, 1.54) is 12.4 Å². The number of likely N-dealkylation sites (tertiary alicyclic amines) is 1. The van der Waals surface area contributed by atoms with Crippen LogP contribution in [0, 0.1) is 0 Å². The summed E-state index contributed by atoms with van der Waals surface area (Å²) in [6, 6.07) is 1.43. The number of aromatic amines is 1. The Morgan fingerprint density at radius 2 is 2.36 bits per heavy atom. The average molecular weight is 345 g/mol. The normalized spacial score (nSPS) is 17.5. The van der Waals surface area contributed by atoms with Crippen molar-refractivity contribution in [3.8, 4) is 0 Å². The Hall–Kier alpha value is -2.71. The van der Waals surface area contributed by atoms with Gasteiger partial charge in [-0.1, -0.05) is 0 Å². The van der Waals surface area contributed by atoms with Crippen molar-refractivity contribution in [2.24, 2.45) is 0 Å². The lowest BCUT2D eigenvalue weighted by atomic mass is 9.95. The molecule has 9 nitrogen and oxygen atoms in total. The van der Waals surface area contributed by atoms with Gasteiger partial charge in [0.2, 0.25) is 0 Å². The predicted octanol–water partition coefficient (Wildman–Crippen LogP) is 0.513. The van der Waals surface area contributed by atoms with E-state index in [0.29, 0.717) is 19.5 Å². The van der Waals surface area contributed by atoms with Gasteiger partial charge >= 0.3 is 6.03 Å². The van der Waals surface area contributed by atoms with Crippen LogP contribution in [-0.4, -0.2) is 55.3 Å². The van der Waals surface area contributed by atoms with Gasteiger partial charge in [-0.2, -0.15) is 0 Å². The molecular weight excluding hydrogens is 322 g/mol. The summed E-state index contributed by atoms with van der Waals surface area (Å²) in [6.45, 7) is 4.65. The number of piperidine rings is 1. The fourth-order valence-electron chi connectivity index (χ4n) is 3.14.